The summed E-state index contributed by atoms with van der Waals surface area (Å²) in [4.78, 5) is 25.5. The second kappa shape index (κ2) is 17.2. The number of fused-ring (bicyclic) bond motifs is 1. The summed E-state index contributed by atoms with van der Waals surface area (Å²) in [6.45, 7) is 3.45. The normalized spacial score (nSPS) is 18.3. The number of likely N-dealkylation sites (tertiary alicyclic amines) is 1. The lowest BCUT2D eigenvalue weighted by atomic mass is 10.00. The van der Waals surface area contributed by atoms with Crippen molar-refractivity contribution >= 4 is 50.3 Å². The number of hydrogen-bond donors (Lipinski definition) is 5. The van der Waals surface area contributed by atoms with Crippen LogP contribution in [0.15, 0.2) is 59.2 Å². The van der Waals surface area contributed by atoms with E-state index in [9.17, 15) is 24.9 Å². The second-order valence-electron chi connectivity index (χ2n) is 13.1. The molecule has 0 saturated carbocycles. The number of carboxylic acids is 1. The number of aromatic nitrogens is 2. The molecule has 6 rings (SSSR count). The number of carboxylic acid groups (broad SMARTS) is 1. The first-order valence-corrected chi connectivity index (χ1v) is 18.4. The zero-order chi connectivity index (χ0) is 35.9. The molecule has 12 nitrogen and oxygen atoms in total. The number of carbonyl (C=O) groups is 2. The van der Waals surface area contributed by atoms with Gasteiger partial charge in [0.05, 0.1) is 35.5 Å². The van der Waals surface area contributed by atoms with E-state index in [1.54, 1.807) is 12.1 Å². The van der Waals surface area contributed by atoms with Crippen LogP contribution in [0.2, 0.25) is 5.02 Å². The molecule has 0 bridgehead atoms. The predicted molar refractivity (Wildman–Crippen MR) is 197 cm³/mol. The number of benzene rings is 3. The van der Waals surface area contributed by atoms with Gasteiger partial charge in [-0.3, -0.25) is 19.6 Å². The van der Waals surface area contributed by atoms with Gasteiger partial charge in [0.25, 0.3) is 0 Å². The minimum atomic E-state index is -1.18. The summed E-state index contributed by atoms with van der Waals surface area (Å²) < 4.78 is 15.3. The fraction of sp³-hybridized carbons (Fsp3) is 0.432. The lowest BCUT2D eigenvalue weighted by Gasteiger charge is -2.19. The number of aryl methyl sites for hydroxylation is 1. The van der Waals surface area contributed by atoms with E-state index < -0.39 is 18.6 Å². The number of aliphatic carboxylic acids is 1. The van der Waals surface area contributed by atoms with Crippen molar-refractivity contribution in [2.24, 2.45) is 0 Å². The number of aliphatic hydroxyl groups is 2. The number of ether oxygens (including phenoxy) is 2. The Labute approximate surface area is 309 Å². The van der Waals surface area contributed by atoms with E-state index in [0.29, 0.717) is 34.9 Å². The number of carbonyl (C=O) groups excluding carboxylic acids is 1. The first-order chi connectivity index (χ1) is 24.7. The third kappa shape index (κ3) is 9.21. The van der Waals surface area contributed by atoms with E-state index in [2.05, 4.69) is 54.3 Å². The van der Waals surface area contributed by atoms with Crippen LogP contribution in [-0.2, 0) is 29.3 Å². The maximum absolute atomic E-state index is 11.7. The van der Waals surface area contributed by atoms with Gasteiger partial charge in [0.1, 0.15) is 30.8 Å². The highest BCUT2D eigenvalue weighted by Gasteiger charge is 2.24. The standard InChI is InChI=1S/C37H43BrClN5O7/c38-36-23(5-3-7-28(36)27-6-4-8-32-29(27)18-41-44(32)13-2-1-12-43-14-11-26(46)19-43)21-50-34-16-33(51-22-25-9-10-35(47)42-25)24(15-30(34)39)17-40-31(20-45)37(48)49/h3-8,15-16,18,25-26,31,40,45-46H,1-2,9-14,17,19-22H2,(H,42,47)(H,48,49)/t25-,26+,31-/m0/s1. The van der Waals surface area contributed by atoms with Crippen LogP contribution in [0.25, 0.3) is 22.0 Å². The molecule has 5 N–H and O–H groups in total. The number of aliphatic hydroxyl groups excluding tert-OH is 2. The van der Waals surface area contributed by atoms with Crippen LogP contribution in [0.5, 0.6) is 11.5 Å². The number of rotatable bonds is 17. The number of β-amino-alcohol motifs (C(OH)–C–C–N with tert-alkyl or cyclic N) is 1. The molecular formula is C37H43BrClN5O7. The van der Waals surface area contributed by atoms with E-state index in [1.807, 2.05) is 24.4 Å². The highest BCUT2D eigenvalue weighted by atomic mass is 79.9. The van der Waals surface area contributed by atoms with Crippen LogP contribution in [0.3, 0.4) is 0 Å². The van der Waals surface area contributed by atoms with Gasteiger partial charge in [-0.2, -0.15) is 5.10 Å². The molecule has 2 saturated heterocycles. The Hall–Kier alpha value is -3.72. The van der Waals surface area contributed by atoms with Gasteiger partial charge in [0, 0.05) is 59.7 Å². The Bertz CT molecular complexity index is 1860. The number of nitrogens with zero attached hydrogens (tertiary/aromatic N) is 3. The minimum Gasteiger partial charge on any atom is -0.491 e. The van der Waals surface area contributed by atoms with E-state index in [4.69, 9.17) is 26.2 Å². The third-order valence-corrected chi connectivity index (χ3v) is 10.7. The number of halogens is 2. The van der Waals surface area contributed by atoms with Crippen molar-refractivity contribution in [1.82, 2.24) is 25.3 Å². The zero-order valence-electron chi connectivity index (χ0n) is 28.2. The van der Waals surface area contributed by atoms with E-state index in [0.717, 1.165) is 77.5 Å². The largest absolute Gasteiger partial charge is 0.491 e. The van der Waals surface area contributed by atoms with Gasteiger partial charge in [-0.1, -0.05) is 41.9 Å². The van der Waals surface area contributed by atoms with Crippen LogP contribution < -0.4 is 20.1 Å². The second-order valence-corrected chi connectivity index (χ2v) is 14.3. The Morgan fingerprint density at radius 2 is 1.88 bits per heavy atom. The molecule has 0 spiro atoms. The molecule has 2 fully saturated rings. The monoisotopic (exact) mass is 783 g/mol. The molecule has 3 aromatic carbocycles. The Morgan fingerprint density at radius 1 is 1.08 bits per heavy atom. The van der Waals surface area contributed by atoms with Gasteiger partial charge < -0.3 is 35.0 Å². The first-order valence-electron chi connectivity index (χ1n) is 17.3. The van der Waals surface area contributed by atoms with Crippen molar-refractivity contribution in [2.75, 3.05) is 32.8 Å². The molecule has 4 aromatic rings. The molecule has 3 heterocycles. The van der Waals surface area contributed by atoms with E-state index in [1.165, 1.54) is 0 Å². The quantitative estimate of drug-likeness (QED) is 0.0948. The van der Waals surface area contributed by atoms with Crippen molar-refractivity contribution in [1.29, 1.82) is 0 Å². The van der Waals surface area contributed by atoms with Gasteiger partial charge in [-0.25, -0.2) is 0 Å². The third-order valence-electron chi connectivity index (χ3n) is 9.44. The molecule has 1 amide bonds. The van der Waals surface area contributed by atoms with Gasteiger partial charge in [0.15, 0.2) is 0 Å². The zero-order valence-corrected chi connectivity index (χ0v) is 30.5. The van der Waals surface area contributed by atoms with Gasteiger partial charge in [-0.05, 0) is 71.4 Å². The number of hydrogen-bond acceptors (Lipinski definition) is 9. The molecule has 3 atom stereocenters. The molecule has 51 heavy (non-hydrogen) atoms. The lowest BCUT2D eigenvalue weighted by Crippen LogP contribution is -2.39. The average molecular weight is 785 g/mol. The average Bonchev–Trinajstić information content (AvgIpc) is 3.86. The Balaban J connectivity index is 1.16. The summed E-state index contributed by atoms with van der Waals surface area (Å²) in [5.41, 5.74) is 4.60. The van der Waals surface area contributed by atoms with Gasteiger partial charge in [0.2, 0.25) is 5.91 Å². The highest BCUT2D eigenvalue weighted by molar-refractivity contribution is 9.10. The van der Waals surface area contributed by atoms with Gasteiger partial charge >= 0.3 is 5.97 Å². The minimum absolute atomic E-state index is 0.0261. The molecule has 14 heteroatoms. The molecule has 1 aromatic heterocycles. The van der Waals surface area contributed by atoms with Crippen LogP contribution >= 0.6 is 27.5 Å². The molecule has 2 aliphatic rings. The first kappa shape index (κ1) is 37.1. The van der Waals surface area contributed by atoms with Crippen molar-refractivity contribution < 1.29 is 34.4 Å². The summed E-state index contributed by atoms with van der Waals surface area (Å²) in [5, 5.41) is 40.4. The molecule has 2 aliphatic heterocycles. The van der Waals surface area contributed by atoms with E-state index in [-0.39, 0.29) is 37.8 Å². The predicted octanol–water partition coefficient (Wildman–Crippen LogP) is 4.74. The van der Waals surface area contributed by atoms with Crippen LogP contribution in [0.4, 0.5) is 0 Å². The van der Waals surface area contributed by atoms with Crippen LogP contribution in [0, 0.1) is 0 Å². The van der Waals surface area contributed by atoms with Gasteiger partial charge in [-0.15, -0.1) is 0 Å². The van der Waals surface area contributed by atoms with Crippen LogP contribution in [0.1, 0.15) is 43.2 Å². The van der Waals surface area contributed by atoms with Crippen molar-refractivity contribution in [3.63, 3.8) is 0 Å². The van der Waals surface area contributed by atoms with Crippen molar-refractivity contribution in [3.05, 3.63) is 75.4 Å². The topological polar surface area (TPSA) is 158 Å². The fourth-order valence-electron chi connectivity index (χ4n) is 6.60. The van der Waals surface area contributed by atoms with Crippen molar-refractivity contribution in [3.8, 4) is 22.6 Å². The summed E-state index contributed by atoms with van der Waals surface area (Å²) in [5.74, 6) is -0.397. The fourth-order valence-corrected chi connectivity index (χ4v) is 7.43. The Morgan fingerprint density at radius 3 is 2.63 bits per heavy atom. The smallest absolute Gasteiger partial charge is 0.323 e. The van der Waals surface area contributed by atoms with Crippen molar-refractivity contribution in [2.45, 2.75) is 70.0 Å². The molecule has 0 aliphatic carbocycles. The number of unbranched alkanes of at least 4 members (excludes halogenated alkanes) is 1. The van der Waals surface area contributed by atoms with Crippen LogP contribution in [-0.4, -0.2) is 92.9 Å². The lowest BCUT2D eigenvalue weighted by molar-refractivity contribution is -0.140. The van der Waals surface area contributed by atoms with E-state index >= 15 is 0 Å². The maximum atomic E-state index is 11.7. The highest BCUT2D eigenvalue weighted by Crippen LogP contribution is 2.38. The summed E-state index contributed by atoms with van der Waals surface area (Å²) in [7, 11) is 0. The Kier molecular flexibility index (Phi) is 12.5. The summed E-state index contributed by atoms with van der Waals surface area (Å²) in [6, 6.07) is 14.3. The molecular weight excluding hydrogens is 742 g/mol. The number of nitrogens with one attached hydrogen (secondary N) is 2. The molecule has 0 unspecified atom stereocenters. The maximum Gasteiger partial charge on any atom is 0.323 e. The summed E-state index contributed by atoms with van der Waals surface area (Å²) >= 11 is 10.5. The number of amides is 1. The SMILES string of the molecule is O=C1CC[C@@H](COc2cc(OCc3cccc(-c4cccc5c4cnn5CCCCN4CC[C@@H](O)C4)c3Br)c(Cl)cc2CN[C@@H](CO)C(=O)O)N1. The molecule has 0 radical (unpaired) electrons. The summed E-state index contributed by atoms with van der Waals surface area (Å²) in [6.07, 6.45) is 5.72. The molecule has 272 valence electrons.